The van der Waals surface area contributed by atoms with E-state index in [1.54, 1.807) is 0 Å². The van der Waals surface area contributed by atoms with Gasteiger partial charge in [-0.2, -0.15) is 0 Å². The van der Waals surface area contributed by atoms with E-state index in [0.29, 0.717) is 6.04 Å². The second-order valence-corrected chi connectivity index (χ2v) is 7.91. The number of rotatable bonds is 4. The lowest BCUT2D eigenvalue weighted by atomic mass is 9.84. The van der Waals surface area contributed by atoms with Crippen molar-refractivity contribution in [2.24, 2.45) is 5.92 Å². The third-order valence-corrected chi connectivity index (χ3v) is 5.02. The highest BCUT2D eigenvalue weighted by Crippen LogP contribution is 2.43. The molecule has 0 aromatic heterocycles. The number of ether oxygens (including phenoxy) is 1. The Labute approximate surface area is 124 Å². The van der Waals surface area contributed by atoms with Crippen LogP contribution in [0.15, 0.2) is 0 Å². The average molecular weight is 284 g/mol. The van der Waals surface area contributed by atoms with Gasteiger partial charge in [0, 0.05) is 25.0 Å². The Morgan fingerprint density at radius 3 is 2.35 bits per heavy atom. The van der Waals surface area contributed by atoms with Crippen LogP contribution in [0.1, 0.15) is 40.5 Å². The van der Waals surface area contributed by atoms with Crippen molar-refractivity contribution in [2.75, 3.05) is 33.7 Å². The Balaban J connectivity index is 2.05. The molecule has 0 aliphatic carbocycles. The highest BCUT2D eigenvalue weighted by molar-refractivity contribution is 5.03. The van der Waals surface area contributed by atoms with Gasteiger partial charge in [0.1, 0.15) is 0 Å². The molecule has 118 valence electrons. The summed E-state index contributed by atoms with van der Waals surface area (Å²) < 4.78 is 6.10. The van der Waals surface area contributed by atoms with Crippen molar-refractivity contribution in [3.05, 3.63) is 0 Å². The molecule has 4 heteroatoms. The molecule has 0 spiro atoms. The predicted molar refractivity (Wildman–Crippen MR) is 81.9 cm³/mol. The van der Waals surface area contributed by atoms with Gasteiger partial charge in [-0.1, -0.05) is 0 Å². The lowest BCUT2D eigenvalue weighted by Gasteiger charge is -2.34. The molecule has 0 saturated carbocycles. The smallest absolute Gasteiger partial charge is 0.0896 e. The molecule has 0 aromatic carbocycles. The maximum atomic E-state index is 10.6. The van der Waals surface area contributed by atoms with Gasteiger partial charge in [0.25, 0.3) is 0 Å². The number of likely N-dealkylation sites (N-methyl/N-ethyl adjacent to an activating group) is 1. The predicted octanol–water partition coefficient (Wildman–Crippen LogP) is 1.58. The van der Waals surface area contributed by atoms with E-state index in [-0.39, 0.29) is 11.5 Å². The van der Waals surface area contributed by atoms with Crippen molar-refractivity contribution >= 4 is 0 Å². The molecule has 0 bridgehead atoms. The molecule has 2 aliphatic rings. The molecule has 2 rings (SSSR count). The van der Waals surface area contributed by atoms with Crippen LogP contribution in [0.3, 0.4) is 0 Å². The van der Waals surface area contributed by atoms with Crippen molar-refractivity contribution in [1.82, 2.24) is 9.80 Å². The van der Waals surface area contributed by atoms with Crippen LogP contribution in [0.4, 0.5) is 0 Å². The highest BCUT2D eigenvalue weighted by atomic mass is 16.5. The largest absolute Gasteiger partial charge is 0.390 e. The summed E-state index contributed by atoms with van der Waals surface area (Å²) in [6.45, 7) is 11.4. The molecule has 2 fully saturated rings. The first-order valence-corrected chi connectivity index (χ1v) is 7.90. The maximum Gasteiger partial charge on any atom is 0.0896 e. The van der Waals surface area contributed by atoms with Crippen LogP contribution >= 0.6 is 0 Å². The van der Waals surface area contributed by atoms with Crippen LogP contribution in [0.2, 0.25) is 0 Å². The van der Waals surface area contributed by atoms with E-state index in [4.69, 9.17) is 4.74 Å². The van der Waals surface area contributed by atoms with Gasteiger partial charge in [-0.25, -0.2) is 0 Å². The van der Waals surface area contributed by atoms with Gasteiger partial charge in [0.05, 0.1) is 17.3 Å². The second-order valence-electron chi connectivity index (χ2n) is 7.91. The molecule has 2 aliphatic heterocycles. The molecular weight excluding hydrogens is 252 g/mol. The zero-order chi connectivity index (χ0) is 15.1. The molecule has 3 unspecified atom stereocenters. The van der Waals surface area contributed by atoms with E-state index in [2.05, 4.69) is 37.7 Å². The van der Waals surface area contributed by atoms with E-state index in [1.165, 1.54) is 12.8 Å². The zero-order valence-electron chi connectivity index (χ0n) is 14.0. The average Bonchev–Trinajstić information content (AvgIpc) is 2.74. The summed E-state index contributed by atoms with van der Waals surface area (Å²) in [6, 6.07) is 0.622. The number of hydrogen-bond acceptors (Lipinski definition) is 4. The SMILES string of the molecule is CN(C)CC1CCCN1CC1C(O)C(C)(C)OC1(C)C. The van der Waals surface area contributed by atoms with Crippen molar-refractivity contribution in [1.29, 1.82) is 0 Å². The fraction of sp³-hybridized carbons (Fsp3) is 1.00. The number of nitrogens with zero attached hydrogens (tertiary/aromatic N) is 2. The van der Waals surface area contributed by atoms with E-state index < -0.39 is 11.7 Å². The van der Waals surface area contributed by atoms with Gasteiger partial charge < -0.3 is 14.7 Å². The Kier molecular flexibility index (Phi) is 4.51. The molecule has 0 aromatic rings. The van der Waals surface area contributed by atoms with E-state index in [1.807, 2.05) is 13.8 Å². The fourth-order valence-electron chi connectivity index (χ4n) is 4.01. The van der Waals surface area contributed by atoms with Crippen molar-refractivity contribution < 1.29 is 9.84 Å². The summed E-state index contributed by atoms with van der Waals surface area (Å²) >= 11 is 0. The summed E-state index contributed by atoms with van der Waals surface area (Å²) in [5, 5.41) is 10.6. The van der Waals surface area contributed by atoms with Gasteiger partial charge in [0.2, 0.25) is 0 Å². The molecule has 4 nitrogen and oxygen atoms in total. The Hall–Kier alpha value is -0.160. The Morgan fingerprint density at radius 1 is 1.20 bits per heavy atom. The summed E-state index contributed by atoms with van der Waals surface area (Å²) in [4.78, 5) is 4.82. The van der Waals surface area contributed by atoms with Gasteiger partial charge in [0.15, 0.2) is 0 Å². The van der Waals surface area contributed by atoms with E-state index in [0.717, 1.165) is 19.6 Å². The first-order valence-electron chi connectivity index (χ1n) is 7.90. The number of hydrogen-bond donors (Lipinski definition) is 1. The minimum atomic E-state index is -0.440. The summed E-state index contributed by atoms with van der Waals surface area (Å²) in [5.74, 6) is 0.181. The van der Waals surface area contributed by atoms with Crippen LogP contribution in [0.25, 0.3) is 0 Å². The Bertz CT molecular complexity index is 341. The standard InChI is InChI=1S/C16H32N2O2/c1-15(2)13(14(19)16(3,4)20-15)11-18-9-7-8-12(18)10-17(5)6/h12-14,19H,7-11H2,1-6H3. The van der Waals surface area contributed by atoms with Gasteiger partial charge in [-0.05, 0) is 61.2 Å². The first kappa shape index (κ1) is 16.2. The first-order chi connectivity index (χ1) is 9.13. The second kappa shape index (κ2) is 5.56. The fourth-order valence-corrected chi connectivity index (χ4v) is 4.01. The molecule has 0 amide bonds. The lowest BCUT2D eigenvalue weighted by molar-refractivity contribution is -0.0914. The maximum absolute atomic E-state index is 10.6. The third kappa shape index (κ3) is 3.19. The molecule has 2 saturated heterocycles. The summed E-state index contributed by atoms with van der Waals surface area (Å²) in [6.07, 6.45) is 2.15. The minimum absolute atomic E-state index is 0.181. The quantitative estimate of drug-likeness (QED) is 0.850. The monoisotopic (exact) mass is 284 g/mol. The molecule has 1 N–H and O–H groups in total. The molecule has 20 heavy (non-hydrogen) atoms. The zero-order valence-corrected chi connectivity index (χ0v) is 14.0. The Morgan fingerprint density at radius 2 is 1.85 bits per heavy atom. The summed E-state index contributed by atoms with van der Waals surface area (Å²) in [7, 11) is 4.27. The van der Waals surface area contributed by atoms with Gasteiger partial charge in [-0.3, -0.25) is 4.90 Å². The van der Waals surface area contributed by atoms with E-state index >= 15 is 0 Å². The summed E-state index contributed by atoms with van der Waals surface area (Å²) in [5.41, 5.74) is -0.695. The van der Waals surface area contributed by atoms with Crippen molar-refractivity contribution in [2.45, 2.75) is 63.9 Å². The normalized spacial score (nSPS) is 36.9. The molecular formula is C16H32N2O2. The number of likely N-dealkylation sites (tertiary alicyclic amines) is 1. The van der Waals surface area contributed by atoms with Crippen LogP contribution in [-0.2, 0) is 4.74 Å². The molecule has 3 atom stereocenters. The topological polar surface area (TPSA) is 35.9 Å². The number of aliphatic hydroxyl groups excluding tert-OH is 1. The van der Waals surface area contributed by atoms with Crippen LogP contribution in [-0.4, -0.2) is 72.0 Å². The minimum Gasteiger partial charge on any atom is -0.390 e. The highest BCUT2D eigenvalue weighted by Gasteiger charge is 2.53. The third-order valence-electron chi connectivity index (χ3n) is 5.02. The molecule has 0 radical (unpaired) electrons. The van der Waals surface area contributed by atoms with Crippen LogP contribution in [0, 0.1) is 5.92 Å². The molecule has 2 heterocycles. The van der Waals surface area contributed by atoms with Crippen LogP contribution < -0.4 is 0 Å². The van der Waals surface area contributed by atoms with E-state index in [9.17, 15) is 5.11 Å². The van der Waals surface area contributed by atoms with Crippen LogP contribution in [0.5, 0.6) is 0 Å². The van der Waals surface area contributed by atoms with Gasteiger partial charge in [-0.15, -0.1) is 0 Å². The van der Waals surface area contributed by atoms with Crippen molar-refractivity contribution in [3.8, 4) is 0 Å². The van der Waals surface area contributed by atoms with Gasteiger partial charge >= 0.3 is 0 Å². The number of aliphatic hydroxyl groups is 1. The lowest BCUT2D eigenvalue weighted by Crippen LogP contribution is -2.47. The van der Waals surface area contributed by atoms with Crippen molar-refractivity contribution in [3.63, 3.8) is 0 Å².